The van der Waals surface area contributed by atoms with Gasteiger partial charge in [0.25, 0.3) is 5.91 Å². The summed E-state index contributed by atoms with van der Waals surface area (Å²) in [5.41, 5.74) is 0.198. The second-order valence-corrected chi connectivity index (χ2v) is 13.9. The number of hydrogen-bond acceptors (Lipinski definition) is 8. The van der Waals surface area contributed by atoms with Gasteiger partial charge in [0, 0.05) is 19.6 Å². The zero-order valence-corrected chi connectivity index (χ0v) is 22.3. The molecular weight excluding hydrogens is 563 g/mol. The van der Waals surface area contributed by atoms with Gasteiger partial charge in [-0.3, -0.25) is 9.69 Å². The summed E-state index contributed by atoms with van der Waals surface area (Å²) in [4.78, 5) is 30.9. The van der Waals surface area contributed by atoms with Crippen LogP contribution in [0, 0.1) is 0 Å². The standard InChI is InChI=1S/C20H19Cl3N4O6S2/c1-26-17(28)16(27(19(26)29)12-7-5-4-6-8-12)25-18(20(21,22)23)24-14-10-9-13(34(2,30)31)11-15(14)35(3,32)33/h4-11,18,24H,1-3H3. The van der Waals surface area contributed by atoms with Crippen LogP contribution >= 0.6 is 34.8 Å². The fourth-order valence-corrected chi connectivity index (χ4v) is 5.01. The van der Waals surface area contributed by atoms with E-state index < -0.39 is 46.5 Å². The van der Waals surface area contributed by atoms with E-state index in [1.165, 1.54) is 19.2 Å². The number of nitrogens with zero attached hydrogens (tertiary/aromatic N) is 3. The molecule has 3 rings (SSSR count). The average Bonchev–Trinajstić information content (AvgIpc) is 2.95. The van der Waals surface area contributed by atoms with Crippen molar-refractivity contribution >= 4 is 83.6 Å². The minimum atomic E-state index is -3.96. The lowest BCUT2D eigenvalue weighted by molar-refractivity contribution is -0.119. The van der Waals surface area contributed by atoms with Gasteiger partial charge in [-0.25, -0.2) is 31.5 Å². The molecule has 35 heavy (non-hydrogen) atoms. The minimum absolute atomic E-state index is 0.128. The number of urea groups is 1. The van der Waals surface area contributed by atoms with Crippen molar-refractivity contribution in [3.63, 3.8) is 0 Å². The number of sulfone groups is 2. The number of carbonyl (C=O) groups excluding carboxylic acids is 2. The highest BCUT2D eigenvalue weighted by Crippen LogP contribution is 2.36. The summed E-state index contributed by atoms with van der Waals surface area (Å²) in [6, 6.07) is 10.8. The Kier molecular flexibility index (Phi) is 7.45. The van der Waals surface area contributed by atoms with Crippen LogP contribution in [0.15, 0.2) is 63.3 Å². The first-order chi connectivity index (χ1) is 16.0. The smallest absolute Gasteiger partial charge is 0.337 e. The van der Waals surface area contributed by atoms with Gasteiger partial charge in [-0.05, 0) is 30.3 Å². The normalized spacial score (nSPS) is 17.3. The molecule has 2 aromatic rings. The first kappa shape index (κ1) is 27.2. The van der Waals surface area contributed by atoms with Crippen LogP contribution in [0.4, 0.5) is 16.2 Å². The van der Waals surface area contributed by atoms with Gasteiger partial charge in [0.2, 0.25) is 9.63 Å². The lowest BCUT2D eigenvalue weighted by atomic mass is 10.3. The van der Waals surface area contributed by atoms with Gasteiger partial charge in [-0.2, -0.15) is 0 Å². The SMILES string of the molecule is CN1C(=O)C(=NC(Nc2ccc(S(C)(=O)=O)cc2S(C)(=O)=O)C(Cl)(Cl)Cl)N(c2ccccc2)C1=O. The molecule has 1 atom stereocenters. The molecule has 1 heterocycles. The molecule has 0 aliphatic carbocycles. The number of nitrogens with one attached hydrogen (secondary N) is 1. The van der Waals surface area contributed by atoms with Crippen molar-refractivity contribution in [1.82, 2.24) is 4.90 Å². The molecule has 15 heteroatoms. The van der Waals surface area contributed by atoms with E-state index in [9.17, 15) is 26.4 Å². The van der Waals surface area contributed by atoms with Gasteiger partial charge in [-0.1, -0.05) is 53.0 Å². The Bertz CT molecular complexity index is 1420. The van der Waals surface area contributed by atoms with Gasteiger partial charge in [0.15, 0.2) is 25.8 Å². The van der Waals surface area contributed by atoms with Gasteiger partial charge in [0.05, 0.1) is 21.2 Å². The summed E-state index contributed by atoms with van der Waals surface area (Å²) in [7, 11) is -6.43. The Morgan fingerprint density at radius 2 is 1.54 bits per heavy atom. The summed E-state index contributed by atoms with van der Waals surface area (Å²) in [5, 5.41) is 2.66. The van der Waals surface area contributed by atoms with E-state index in [1.807, 2.05) is 0 Å². The number of carbonyl (C=O) groups is 2. The summed E-state index contributed by atoms with van der Waals surface area (Å²) < 4.78 is 46.4. The Morgan fingerprint density at radius 1 is 0.943 bits per heavy atom. The zero-order chi connectivity index (χ0) is 26.3. The topological polar surface area (TPSA) is 133 Å². The molecule has 0 aromatic heterocycles. The number of amides is 3. The first-order valence-electron chi connectivity index (χ1n) is 9.64. The first-order valence-corrected chi connectivity index (χ1v) is 14.6. The number of alkyl halides is 3. The minimum Gasteiger partial charge on any atom is -0.359 e. The Labute approximate surface area is 217 Å². The number of rotatable bonds is 6. The van der Waals surface area contributed by atoms with Crippen LogP contribution in [-0.4, -0.2) is 69.0 Å². The molecule has 1 aliphatic rings. The fourth-order valence-electron chi connectivity index (χ4n) is 3.11. The van der Waals surface area contributed by atoms with Crippen LogP contribution in [0.25, 0.3) is 0 Å². The second-order valence-electron chi connectivity index (χ2n) is 7.56. The number of halogens is 3. The van der Waals surface area contributed by atoms with Crippen molar-refractivity contribution in [2.24, 2.45) is 4.99 Å². The van der Waals surface area contributed by atoms with Crippen LogP contribution in [-0.2, 0) is 24.5 Å². The maximum atomic E-state index is 12.8. The quantitative estimate of drug-likeness (QED) is 0.409. The van der Waals surface area contributed by atoms with Crippen LogP contribution in [0.5, 0.6) is 0 Å². The number of likely N-dealkylation sites (N-methyl/N-ethyl adjacent to an activating group) is 1. The van der Waals surface area contributed by atoms with Crippen molar-refractivity contribution in [2.75, 3.05) is 29.8 Å². The molecule has 1 fully saturated rings. The van der Waals surface area contributed by atoms with Crippen molar-refractivity contribution in [3.05, 3.63) is 48.5 Å². The molecule has 188 valence electrons. The third kappa shape index (κ3) is 5.89. The molecule has 1 N–H and O–H groups in total. The number of amidine groups is 1. The molecule has 0 saturated carbocycles. The molecule has 3 amide bonds. The van der Waals surface area contributed by atoms with Crippen molar-refractivity contribution < 1.29 is 26.4 Å². The number of imide groups is 1. The third-order valence-corrected chi connectivity index (χ3v) is 7.70. The van der Waals surface area contributed by atoms with E-state index in [0.717, 1.165) is 28.4 Å². The highest BCUT2D eigenvalue weighted by atomic mass is 35.6. The lowest BCUT2D eigenvalue weighted by Gasteiger charge is -2.25. The lowest BCUT2D eigenvalue weighted by Crippen LogP contribution is -2.38. The maximum absolute atomic E-state index is 12.8. The summed E-state index contributed by atoms with van der Waals surface area (Å²) in [6.45, 7) is 0. The van der Waals surface area contributed by atoms with Gasteiger partial charge < -0.3 is 5.32 Å². The van der Waals surface area contributed by atoms with E-state index in [0.29, 0.717) is 5.69 Å². The number of aliphatic imine (C=N–C) groups is 1. The van der Waals surface area contributed by atoms with Crippen LogP contribution in [0.3, 0.4) is 0 Å². The largest absolute Gasteiger partial charge is 0.359 e. The molecule has 0 spiro atoms. The molecule has 1 saturated heterocycles. The third-order valence-electron chi connectivity index (χ3n) is 4.83. The zero-order valence-electron chi connectivity index (χ0n) is 18.4. The highest BCUT2D eigenvalue weighted by molar-refractivity contribution is 7.91. The van der Waals surface area contributed by atoms with E-state index in [2.05, 4.69) is 10.3 Å². The molecule has 0 radical (unpaired) electrons. The molecule has 1 aliphatic heterocycles. The van der Waals surface area contributed by atoms with E-state index in [4.69, 9.17) is 34.8 Å². The molecule has 10 nitrogen and oxygen atoms in total. The van der Waals surface area contributed by atoms with Gasteiger partial charge >= 0.3 is 6.03 Å². The van der Waals surface area contributed by atoms with E-state index >= 15 is 0 Å². The van der Waals surface area contributed by atoms with Crippen LogP contribution < -0.4 is 10.2 Å². The Balaban J connectivity index is 2.15. The second kappa shape index (κ2) is 9.58. The molecular formula is C20H19Cl3N4O6S2. The summed E-state index contributed by atoms with van der Waals surface area (Å²) in [5.74, 6) is -1.16. The van der Waals surface area contributed by atoms with Crippen molar-refractivity contribution in [2.45, 2.75) is 19.7 Å². The number of benzene rings is 2. The number of anilines is 2. The van der Waals surface area contributed by atoms with Crippen molar-refractivity contribution in [1.29, 1.82) is 0 Å². The number of para-hydroxylation sites is 1. The highest BCUT2D eigenvalue weighted by Gasteiger charge is 2.44. The Morgan fingerprint density at radius 3 is 2.06 bits per heavy atom. The maximum Gasteiger partial charge on any atom is 0.337 e. The fraction of sp³-hybridized carbons (Fsp3) is 0.250. The Hall–Kier alpha value is -2.38. The van der Waals surface area contributed by atoms with E-state index in [1.54, 1.807) is 30.3 Å². The van der Waals surface area contributed by atoms with Crippen molar-refractivity contribution in [3.8, 4) is 0 Å². The molecule has 2 aromatic carbocycles. The predicted octanol–water partition coefficient (Wildman–Crippen LogP) is 3.10. The van der Waals surface area contributed by atoms with Crippen LogP contribution in [0.1, 0.15) is 0 Å². The van der Waals surface area contributed by atoms with E-state index in [-0.39, 0.29) is 16.4 Å². The molecule has 1 unspecified atom stereocenters. The predicted molar refractivity (Wildman–Crippen MR) is 135 cm³/mol. The summed E-state index contributed by atoms with van der Waals surface area (Å²) in [6.07, 6.45) is 0.234. The average molecular weight is 582 g/mol. The number of hydrogen-bond donors (Lipinski definition) is 1. The van der Waals surface area contributed by atoms with Gasteiger partial charge in [0.1, 0.15) is 0 Å². The monoisotopic (exact) mass is 580 g/mol. The summed E-state index contributed by atoms with van der Waals surface area (Å²) >= 11 is 18.3. The van der Waals surface area contributed by atoms with Crippen LogP contribution in [0.2, 0.25) is 0 Å². The molecule has 0 bridgehead atoms. The van der Waals surface area contributed by atoms with Gasteiger partial charge in [-0.15, -0.1) is 0 Å².